The summed E-state index contributed by atoms with van der Waals surface area (Å²) in [6.45, 7) is 0. The van der Waals surface area contributed by atoms with Crippen LogP contribution >= 0.6 is 0 Å². The van der Waals surface area contributed by atoms with Crippen LogP contribution in [0.3, 0.4) is 0 Å². The molecule has 0 aliphatic carbocycles. The van der Waals surface area contributed by atoms with E-state index in [2.05, 4.69) is 0 Å². The van der Waals surface area contributed by atoms with E-state index in [-0.39, 0.29) is 38.2 Å². The third-order valence-corrected chi connectivity index (χ3v) is 0. The maximum atomic E-state index is 8.49. The largest absolute Gasteiger partial charge is 3.00 e. The molecular weight excluding hydrogens is 461 g/mol. The van der Waals surface area contributed by atoms with Crippen molar-refractivity contribution in [1.29, 1.82) is 0 Å². The second-order valence-electron chi connectivity index (χ2n) is 1.13. The zero-order valence-corrected chi connectivity index (χ0v) is 10.6. The van der Waals surface area contributed by atoms with Crippen LogP contribution in [0.2, 0.25) is 0 Å². The second kappa shape index (κ2) is 10.6. The van der Waals surface area contributed by atoms with E-state index in [1.807, 2.05) is 0 Å². The summed E-state index contributed by atoms with van der Waals surface area (Å²) in [6.07, 6.45) is 0. The maximum absolute atomic E-state index is 8.49. The molecule has 0 saturated carbocycles. The van der Waals surface area contributed by atoms with Crippen LogP contribution < -0.4 is 55.9 Å². The first-order chi connectivity index (χ1) is 6.00. The van der Waals surface area contributed by atoms with E-state index in [0.717, 1.165) is 0 Å². The van der Waals surface area contributed by atoms with Crippen molar-refractivity contribution in [3.8, 4) is 0 Å². The molecule has 16 heavy (non-hydrogen) atoms. The molecule has 0 aromatic rings. The molecule has 0 fully saturated rings. The summed E-state index contributed by atoms with van der Waals surface area (Å²) in [5, 5.41) is 0. The van der Waals surface area contributed by atoms with Gasteiger partial charge in [-0.2, -0.15) is 0 Å². The summed E-state index contributed by atoms with van der Waals surface area (Å²) in [5.41, 5.74) is 0. The Morgan fingerprint density at radius 1 is 0.312 bits per heavy atom. The molecule has 12 nitrogen and oxygen atoms in total. The van der Waals surface area contributed by atoms with Crippen molar-refractivity contribution in [2.75, 3.05) is 0 Å². The standard InChI is InChI=1S/3ClHO4.Dy/c3*2-1(3,4)5;/h3*(H,2,3,4,5);/q;;;+3/p-3. The van der Waals surface area contributed by atoms with Crippen LogP contribution in [-0.4, -0.2) is 0 Å². The molecule has 0 rings (SSSR count). The molecule has 0 aliphatic heterocycles. The van der Waals surface area contributed by atoms with Crippen molar-refractivity contribution < 1.29 is 125 Å². The molecule has 0 N–H and O–H groups in total. The van der Waals surface area contributed by atoms with Crippen LogP contribution in [0.4, 0.5) is 0 Å². The fraction of sp³-hybridized carbons (Fsp3) is 0. The molecule has 0 saturated heterocycles. The summed E-state index contributed by atoms with van der Waals surface area (Å²) < 4.78 is 102. The van der Waals surface area contributed by atoms with Gasteiger partial charge in [0, 0.05) is 0 Å². The van der Waals surface area contributed by atoms with Gasteiger partial charge in [0.1, 0.15) is 0 Å². The van der Waals surface area contributed by atoms with Gasteiger partial charge in [0.05, 0.1) is 0 Å². The Hall–Kier alpha value is 1.66. The van der Waals surface area contributed by atoms with Crippen LogP contribution in [0.15, 0.2) is 0 Å². The molecule has 0 aromatic carbocycles. The van der Waals surface area contributed by atoms with Crippen LogP contribution in [-0.2, 0) is 0 Å². The molecule has 0 aromatic heterocycles. The first-order valence-electron chi connectivity index (χ1n) is 1.85. The van der Waals surface area contributed by atoms with E-state index in [1.54, 1.807) is 0 Å². The fourth-order valence-corrected chi connectivity index (χ4v) is 0. The van der Waals surface area contributed by atoms with Crippen molar-refractivity contribution in [1.82, 2.24) is 0 Å². The predicted molar refractivity (Wildman–Crippen MR) is 0 cm³/mol. The van der Waals surface area contributed by atoms with E-state index in [1.165, 1.54) is 0 Å². The predicted octanol–water partition coefficient (Wildman–Crippen LogP) is -14.3. The fourth-order valence-electron chi connectivity index (χ4n) is 0. The van der Waals surface area contributed by atoms with Crippen molar-refractivity contribution in [2.24, 2.45) is 0 Å². The number of halogens is 3. The second-order valence-corrected chi connectivity index (χ2v) is 3.40. The Bertz CT molecular complexity index is 91.3. The molecule has 0 spiro atoms. The molecule has 103 valence electrons. The Labute approximate surface area is 124 Å². The molecule has 16 heteroatoms. The minimum atomic E-state index is -4.94. The Morgan fingerprint density at radius 2 is 0.312 bits per heavy atom. The summed E-state index contributed by atoms with van der Waals surface area (Å²) >= 11 is 0. The van der Waals surface area contributed by atoms with Gasteiger partial charge in [-0.1, -0.05) is 0 Å². The van der Waals surface area contributed by atoms with E-state index < -0.39 is 30.7 Å². The van der Waals surface area contributed by atoms with E-state index in [9.17, 15) is 0 Å². The van der Waals surface area contributed by atoms with E-state index >= 15 is 0 Å². The molecule has 0 atom stereocenters. The molecule has 0 bridgehead atoms. The van der Waals surface area contributed by atoms with Crippen molar-refractivity contribution in [2.45, 2.75) is 0 Å². The molecule has 0 amide bonds. The molecular formula is Cl3DyO12. The number of hydrogen-bond donors (Lipinski definition) is 0. The molecule has 0 unspecified atom stereocenters. The average molecular weight is 461 g/mol. The van der Waals surface area contributed by atoms with E-state index in [0.29, 0.717) is 0 Å². The Kier molecular flexibility index (Phi) is 17.4. The third kappa shape index (κ3) is 1220. The maximum Gasteiger partial charge on any atom is 3.00 e. The van der Waals surface area contributed by atoms with Gasteiger partial charge in [0.15, 0.2) is 0 Å². The van der Waals surface area contributed by atoms with Gasteiger partial charge in [-0.25, -0.2) is 55.9 Å². The number of rotatable bonds is 0. The smallest absolute Gasteiger partial charge is 0.222 e. The van der Waals surface area contributed by atoms with Crippen LogP contribution in [0.25, 0.3) is 0 Å². The first-order valence-corrected chi connectivity index (χ1v) is 5.55. The SMILES string of the molecule is [Dy+3].[O-][Cl+3]([O-])([O-])[O-].[O-][Cl+3]([O-])([O-])[O-].[O-][Cl+3]([O-])([O-])[O-]. The van der Waals surface area contributed by atoms with E-state index in [4.69, 9.17) is 55.9 Å². The van der Waals surface area contributed by atoms with Gasteiger partial charge in [-0.05, 0) is 0 Å². The Balaban J connectivity index is -0.0000000655. The third-order valence-electron chi connectivity index (χ3n) is 0. The normalized spacial score (nSPS) is 11.2. The molecule has 1 radical (unpaired) electrons. The first kappa shape index (κ1) is 26.3. The van der Waals surface area contributed by atoms with Crippen LogP contribution in [0.5, 0.6) is 0 Å². The van der Waals surface area contributed by atoms with Gasteiger partial charge in [-0.15, -0.1) is 30.7 Å². The zero-order valence-electron chi connectivity index (χ0n) is 6.35. The number of hydrogen-bond acceptors (Lipinski definition) is 12. The quantitative estimate of drug-likeness (QED) is 0.325. The van der Waals surface area contributed by atoms with Crippen molar-refractivity contribution >= 4 is 0 Å². The molecule has 0 aliphatic rings. The minimum Gasteiger partial charge on any atom is -0.222 e. The van der Waals surface area contributed by atoms with Gasteiger partial charge in [0.25, 0.3) is 0 Å². The summed E-state index contributed by atoms with van der Waals surface area (Å²) in [7, 11) is -14.8. The van der Waals surface area contributed by atoms with Gasteiger partial charge in [-0.3, -0.25) is 0 Å². The summed E-state index contributed by atoms with van der Waals surface area (Å²) in [6, 6.07) is 0. The van der Waals surface area contributed by atoms with Gasteiger partial charge in [0.2, 0.25) is 0 Å². The Morgan fingerprint density at radius 3 is 0.312 bits per heavy atom. The molecule has 0 heterocycles. The monoisotopic (exact) mass is 461 g/mol. The van der Waals surface area contributed by atoms with Crippen molar-refractivity contribution in [3.63, 3.8) is 0 Å². The average Bonchev–Trinajstić information content (AvgIpc) is 1.41. The topological polar surface area (TPSA) is 277 Å². The van der Waals surface area contributed by atoms with Gasteiger partial charge >= 0.3 is 38.2 Å². The summed E-state index contributed by atoms with van der Waals surface area (Å²) in [4.78, 5) is 0. The summed E-state index contributed by atoms with van der Waals surface area (Å²) in [5.74, 6) is 0. The zero-order chi connectivity index (χ0) is 13.5. The van der Waals surface area contributed by atoms with Gasteiger partial charge < -0.3 is 0 Å². The van der Waals surface area contributed by atoms with Crippen molar-refractivity contribution in [3.05, 3.63) is 0 Å². The minimum absolute atomic E-state index is 0. The van der Waals surface area contributed by atoms with Crippen LogP contribution in [0, 0.1) is 68.9 Å². The van der Waals surface area contributed by atoms with Crippen LogP contribution in [0.1, 0.15) is 0 Å².